The number of ketones is 2. The molecule has 4 aromatic rings. The zero-order valence-corrected chi connectivity index (χ0v) is 17.2. The second-order valence-corrected chi connectivity index (χ2v) is 10.6. The fraction of sp³-hybridized carbons (Fsp3) is 0.100. The topological polar surface area (TPSA) is 34.1 Å². The Morgan fingerprint density at radius 2 is 1.42 bits per heavy atom. The van der Waals surface area contributed by atoms with Gasteiger partial charge in [-0.25, -0.2) is 0 Å². The van der Waals surface area contributed by atoms with Gasteiger partial charge in [0.15, 0.2) is 5.78 Å². The van der Waals surface area contributed by atoms with Crippen molar-refractivity contribution in [3.63, 3.8) is 0 Å². The van der Waals surface area contributed by atoms with Crippen LogP contribution in [0.3, 0.4) is 0 Å². The van der Waals surface area contributed by atoms with Gasteiger partial charge in [0.25, 0.3) is 0 Å². The van der Waals surface area contributed by atoms with Gasteiger partial charge in [0.1, 0.15) is 0 Å². The van der Waals surface area contributed by atoms with Crippen molar-refractivity contribution in [3.05, 3.63) is 67.0 Å². The lowest BCUT2D eigenvalue weighted by atomic mass is 9.89. The van der Waals surface area contributed by atoms with Crippen LogP contribution in [0.1, 0.15) is 40.9 Å². The van der Waals surface area contributed by atoms with Gasteiger partial charge in [0.05, 0.1) is 15.3 Å². The predicted molar refractivity (Wildman–Crippen MR) is 112 cm³/mol. The third-order valence-electron chi connectivity index (χ3n) is 4.47. The maximum Gasteiger partial charge on any atom is 0.205 e. The molecule has 1 aliphatic rings. The summed E-state index contributed by atoms with van der Waals surface area (Å²) >= 11 is 6.37. The van der Waals surface area contributed by atoms with E-state index in [9.17, 15) is 9.59 Å². The van der Waals surface area contributed by atoms with Crippen molar-refractivity contribution in [1.82, 2.24) is 0 Å². The van der Waals surface area contributed by atoms with E-state index in [1.54, 1.807) is 40.1 Å². The lowest BCUT2D eigenvalue weighted by Gasteiger charge is -2.12. The molecule has 0 aliphatic heterocycles. The molecule has 0 N–H and O–H groups in total. The average Bonchev–Trinajstić information content (AvgIpc) is 3.37. The Labute approximate surface area is 166 Å². The highest BCUT2D eigenvalue weighted by Crippen LogP contribution is 2.46. The Hall–Kier alpha value is -1.86. The van der Waals surface area contributed by atoms with Crippen molar-refractivity contribution in [1.29, 1.82) is 0 Å². The van der Waals surface area contributed by atoms with Crippen molar-refractivity contribution in [2.24, 2.45) is 0 Å². The molecule has 0 fully saturated rings. The van der Waals surface area contributed by atoms with E-state index >= 15 is 0 Å². The van der Waals surface area contributed by atoms with Crippen molar-refractivity contribution in [2.45, 2.75) is 13.8 Å². The Balaban J connectivity index is 1.67. The maximum absolute atomic E-state index is 13.1. The van der Waals surface area contributed by atoms with Gasteiger partial charge >= 0.3 is 0 Å². The summed E-state index contributed by atoms with van der Waals surface area (Å²) in [5.74, 6) is -0.0209. The van der Waals surface area contributed by atoms with E-state index in [0.717, 1.165) is 14.6 Å². The molecule has 0 bridgehead atoms. The largest absolute Gasteiger partial charge is 0.288 e. The molecule has 4 aromatic heterocycles. The van der Waals surface area contributed by atoms with Crippen molar-refractivity contribution in [2.75, 3.05) is 0 Å². The first-order valence-corrected chi connectivity index (χ1v) is 11.3. The molecule has 0 saturated heterocycles. The van der Waals surface area contributed by atoms with Gasteiger partial charge in [-0.05, 0) is 49.6 Å². The summed E-state index contributed by atoms with van der Waals surface area (Å²) < 4.78 is 0. The summed E-state index contributed by atoms with van der Waals surface area (Å²) in [7, 11) is 0. The summed E-state index contributed by atoms with van der Waals surface area (Å²) in [6.07, 6.45) is 0. The molecule has 0 amide bonds. The second-order valence-electron chi connectivity index (χ2n) is 6.13. The van der Waals surface area contributed by atoms with Crippen LogP contribution >= 0.6 is 45.3 Å². The van der Waals surface area contributed by atoms with E-state index in [4.69, 9.17) is 0 Å². The van der Waals surface area contributed by atoms with Crippen LogP contribution in [0.15, 0.2) is 35.7 Å². The van der Waals surface area contributed by atoms with Crippen LogP contribution in [0.4, 0.5) is 0 Å². The number of carbonyl (C=O) groups is 2. The smallest absolute Gasteiger partial charge is 0.205 e. The van der Waals surface area contributed by atoms with Crippen molar-refractivity contribution >= 4 is 56.9 Å². The third-order valence-corrected chi connectivity index (χ3v) is 8.95. The van der Waals surface area contributed by atoms with Gasteiger partial charge in [0.2, 0.25) is 5.78 Å². The number of fused-ring (bicyclic) bond motifs is 2. The standard InChI is InChI=1S/C20H12O2S4/c1-9-3-4-12(24-9)13-5-6-14(26-13)20-16-15(10(2)25-20)17(21)11-7-8-23-19(11)18(16)22/h3-8H,1-2H3. The number of thiophene rings is 4. The zero-order valence-electron chi connectivity index (χ0n) is 13.9. The highest BCUT2D eigenvalue weighted by atomic mass is 32.1. The van der Waals surface area contributed by atoms with Crippen LogP contribution < -0.4 is 0 Å². The van der Waals surface area contributed by atoms with Crippen molar-refractivity contribution < 1.29 is 9.59 Å². The fourth-order valence-electron chi connectivity index (χ4n) is 3.28. The molecule has 0 atom stereocenters. The van der Waals surface area contributed by atoms with Crippen molar-refractivity contribution in [3.8, 4) is 19.5 Å². The van der Waals surface area contributed by atoms with Crippen LogP contribution in [0, 0.1) is 13.8 Å². The van der Waals surface area contributed by atoms with Gasteiger partial charge < -0.3 is 0 Å². The molecule has 1 aliphatic carbocycles. The van der Waals surface area contributed by atoms with Gasteiger partial charge in [-0.2, -0.15) is 0 Å². The van der Waals surface area contributed by atoms with E-state index in [1.165, 1.54) is 26.0 Å². The fourth-order valence-corrected chi connectivity index (χ4v) is 7.35. The highest BCUT2D eigenvalue weighted by molar-refractivity contribution is 7.26. The first-order chi connectivity index (χ1) is 12.5. The Bertz CT molecular complexity index is 1200. The number of hydrogen-bond donors (Lipinski definition) is 0. The second kappa shape index (κ2) is 5.82. The molecule has 0 unspecified atom stereocenters. The molecular formula is C20H12O2S4. The van der Waals surface area contributed by atoms with Crippen LogP contribution in [-0.4, -0.2) is 11.6 Å². The van der Waals surface area contributed by atoms with Crippen LogP contribution in [-0.2, 0) is 0 Å². The van der Waals surface area contributed by atoms with Crippen LogP contribution in [0.2, 0.25) is 0 Å². The SMILES string of the molecule is Cc1ccc(-c2ccc(-c3sc(C)c4c3C(=O)c3sccc3C4=O)s2)s1. The van der Waals surface area contributed by atoms with E-state index in [1.807, 2.05) is 12.3 Å². The molecule has 5 rings (SSSR count). The van der Waals surface area contributed by atoms with Gasteiger partial charge in [-0.15, -0.1) is 45.3 Å². The van der Waals surface area contributed by atoms with Crippen LogP contribution in [0.5, 0.6) is 0 Å². The summed E-state index contributed by atoms with van der Waals surface area (Å²) in [6, 6.07) is 10.2. The van der Waals surface area contributed by atoms with E-state index in [-0.39, 0.29) is 11.6 Å². The summed E-state index contributed by atoms with van der Waals surface area (Å²) in [4.78, 5) is 33.2. The minimum atomic E-state index is -0.0125. The Kier molecular flexibility index (Phi) is 3.66. The molecule has 0 spiro atoms. The van der Waals surface area contributed by atoms with Gasteiger partial charge in [-0.1, -0.05) is 0 Å². The Morgan fingerprint density at radius 3 is 2.19 bits per heavy atom. The minimum absolute atomic E-state index is 0.00846. The lowest BCUT2D eigenvalue weighted by molar-refractivity contribution is 0.0983. The molecule has 4 heterocycles. The summed E-state index contributed by atoms with van der Waals surface area (Å²) in [6.45, 7) is 4.04. The van der Waals surface area contributed by atoms with E-state index in [0.29, 0.717) is 21.6 Å². The zero-order chi connectivity index (χ0) is 18.0. The molecule has 128 valence electrons. The molecule has 6 heteroatoms. The monoisotopic (exact) mass is 412 g/mol. The highest BCUT2D eigenvalue weighted by Gasteiger charge is 2.36. The lowest BCUT2D eigenvalue weighted by Crippen LogP contribution is -2.18. The predicted octanol–water partition coefficient (Wildman–Crippen LogP) is 6.66. The van der Waals surface area contributed by atoms with Crippen LogP contribution in [0.25, 0.3) is 19.5 Å². The normalized spacial score (nSPS) is 13.2. The van der Waals surface area contributed by atoms with E-state index < -0.39 is 0 Å². The molecule has 0 aromatic carbocycles. The number of hydrogen-bond acceptors (Lipinski definition) is 6. The minimum Gasteiger partial charge on any atom is -0.288 e. The molecular weight excluding hydrogens is 400 g/mol. The number of rotatable bonds is 2. The molecule has 2 nitrogen and oxygen atoms in total. The summed E-state index contributed by atoms with van der Waals surface area (Å²) in [5, 5.41) is 1.83. The third kappa shape index (κ3) is 2.26. The summed E-state index contributed by atoms with van der Waals surface area (Å²) in [5.41, 5.74) is 1.76. The van der Waals surface area contributed by atoms with Gasteiger partial charge in [-0.3, -0.25) is 9.59 Å². The van der Waals surface area contributed by atoms with Gasteiger partial charge in [0, 0.05) is 35.5 Å². The van der Waals surface area contributed by atoms with E-state index in [2.05, 4.69) is 31.2 Å². The average molecular weight is 413 g/mol. The maximum atomic E-state index is 13.1. The first kappa shape index (κ1) is 16.3. The number of aryl methyl sites for hydroxylation is 2. The molecule has 26 heavy (non-hydrogen) atoms. The molecule has 0 saturated carbocycles. The quantitative estimate of drug-likeness (QED) is 0.325. The Morgan fingerprint density at radius 1 is 0.692 bits per heavy atom. The number of carbonyl (C=O) groups excluding carboxylic acids is 2. The first-order valence-electron chi connectivity index (χ1n) is 8.02. The molecule has 0 radical (unpaired) electrons.